The topological polar surface area (TPSA) is 204 Å². The first kappa shape index (κ1) is 26.3. The lowest BCUT2D eigenvalue weighted by atomic mass is 10.3. The molecule has 0 aliphatic carbocycles. The zero-order valence-electron chi connectivity index (χ0n) is 11.8. The molecule has 0 atom stereocenters. The van der Waals surface area contributed by atoms with Crippen LogP contribution in [-0.4, -0.2) is 50.9 Å². The fourth-order valence-corrected chi connectivity index (χ4v) is 0.752. The molecule has 0 aliphatic rings. The van der Waals surface area contributed by atoms with Crippen LogP contribution in [0.4, 0.5) is 14.4 Å². The first-order valence-electron chi connectivity index (χ1n) is 5.04. The van der Waals surface area contributed by atoms with E-state index < -0.39 is 18.3 Å². The van der Waals surface area contributed by atoms with Crippen molar-refractivity contribution in [2.75, 3.05) is 0 Å². The van der Waals surface area contributed by atoms with Crippen molar-refractivity contribution in [2.45, 2.75) is 39.8 Å². The highest BCUT2D eigenvalue weighted by Crippen LogP contribution is 1.80. The molecule has 0 aliphatic heterocycles. The van der Waals surface area contributed by atoms with Gasteiger partial charge >= 0.3 is 18.3 Å². The summed E-state index contributed by atoms with van der Waals surface area (Å²) in [4.78, 5) is 27.3. The predicted octanol–water partition coefficient (Wildman–Crippen LogP) is 2.57. The lowest BCUT2D eigenvalue weighted by molar-refractivity contribution is 0.137. The van der Waals surface area contributed by atoms with Gasteiger partial charge in [-0.05, 0) is 0 Å². The molecule has 0 aromatic heterocycles. The third-order valence-corrected chi connectivity index (χ3v) is 0.888. The average Bonchev–Trinajstić information content (AvgIpc) is 2.12. The Hall–Kier alpha value is -2.27. The Balaban J connectivity index is -0.0000000986. The summed E-state index contributed by atoms with van der Waals surface area (Å²) in [7, 11) is 0. The molecule has 0 radical (unpaired) electrons. The summed E-state index contributed by atoms with van der Waals surface area (Å²) in [5, 5.41) is 37.1. The second kappa shape index (κ2) is 16.7. The molecular weight excluding hydrogens is 276 g/mol. The van der Waals surface area contributed by atoms with Crippen molar-refractivity contribution >= 4 is 18.3 Å². The van der Waals surface area contributed by atoms with Crippen molar-refractivity contribution in [3.63, 3.8) is 0 Å². The van der Waals surface area contributed by atoms with Gasteiger partial charge < -0.3 is 31.9 Å². The van der Waals surface area contributed by atoms with Crippen molar-refractivity contribution in [1.82, 2.24) is 11.5 Å². The Kier molecular flexibility index (Phi) is 22.0. The summed E-state index contributed by atoms with van der Waals surface area (Å²) in [6, 6.07) is 1.25. The van der Waals surface area contributed by atoms with Crippen LogP contribution in [0.25, 0.3) is 0 Å². The molecule has 120 valence electrons. The lowest BCUT2D eigenvalue weighted by Crippen LogP contribution is -2.29. The molecule has 0 bridgehead atoms. The molecule has 20 heavy (non-hydrogen) atoms. The lowest BCUT2D eigenvalue weighted by Gasteiger charge is -2.10. The molecule has 0 fully saturated rings. The number of amides is 2. The predicted molar refractivity (Wildman–Crippen MR) is 70.0 cm³/mol. The number of hydrogen-bond acceptors (Lipinski definition) is 5. The Morgan fingerprint density at radius 3 is 1.05 bits per heavy atom. The Bertz CT molecular complexity index is 279. The highest BCUT2D eigenvalue weighted by Gasteiger charge is 1.92. The van der Waals surface area contributed by atoms with Gasteiger partial charge in [-0.25, -0.2) is 14.4 Å². The number of carbonyl (C=O) groups is 3. The molecular formula is C9H22N4O7. The van der Waals surface area contributed by atoms with Gasteiger partial charge in [0.15, 0.2) is 0 Å². The zero-order valence-corrected chi connectivity index (χ0v) is 11.8. The van der Waals surface area contributed by atoms with E-state index in [4.69, 9.17) is 25.2 Å². The molecule has 0 saturated carbocycles. The molecule has 0 spiro atoms. The Morgan fingerprint density at radius 2 is 1.00 bits per heavy atom. The van der Waals surface area contributed by atoms with Gasteiger partial charge in [-0.15, -0.1) is 0 Å². The SMILES string of the molecule is CC(C)NC(C)C.N.O=C(O)N=NC(=O)O.O=C(O)O. The van der Waals surface area contributed by atoms with Crippen molar-refractivity contribution < 1.29 is 34.8 Å². The van der Waals surface area contributed by atoms with Crippen LogP contribution in [0.5, 0.6) is 0 Å². The van der Waals surface area contributed by atoms with E-state index in [9.17, 15) is 9.59 Å². The van der Waals surface area contributed by atoms with Crippen molar-refractivity contribution in [1.29, 1.82) is 0 Å². The van der Waals surface area contributed by atoms with Crippen LogP contribution in [0, 0.1) is 0 Å². The summed E-state index contributed by atoms with van der Waals surface area (Å²) in [5.74, 6) is 0. The zero-order chi connectivity index (χ0) is 16.0. The fourth-order valence-electron chi connectivity index (χ4n) is 0.752. The highest BCUT2D eigenvalue weighted by atomic mass is 16.6. The maximum Gasteiger partial charge on any atom is 0.503 e. The number of nitrogens with zero attached hydrogens (tertiary/aromatic N) is 2. The molecule has 0 heterocycles. The molecule has 0 unspecified atom stereocenters. The maximum atomic E-state index is 9.38. The first-order chi connectivity index (χ1) is 8.48. The van der Waals surface area contributed by atoms with Crippen LogP contribution < -0.4 is 11.5 Å². The molecule has 2 amide bonds. The summed E-state index contributed by atoms with van der Waals surface area (Å²) < 4.78 is 0. The van der Waals surface area contributed by atoms with Crippen LogP contribution in [0.1, 0.15) is 27.7 Å². The van der Waals surface area contributed by atoms with Gasteiger partial charge in [0.2, 0.25) is 0 Å². The highest BCUT2D eigenvalue weighted by molar-refractivity contribution is 5.70. The number of hydrogen-bond donors (Lipinski definition) is 6. The van der Waals surface area contributed by atoms with Gasteiger partial charge in [-0.1, -0.05) is 37.9 Å². The summed E-state index contributed by atoms with van der Waals surface area (Å²) in [6.45, 7) is 8.61. The van der Waals surface area contributed by atoms with Crippen molar-refractivity contribution in [3.8, 4) is 0 Å². The Labute approximate surface area is 115 Å². The molecule has 11 nitrogen and oxygen atoms in total. The summed E-state index contributed by atoms with van der Waals surface area (Å²) >= 11 is 0. The molecule has 0 rings (SSSR count). The third kappa shape index (κ3) is 75.4. The van der Waals surface area contributed by atoms with E-state index in [0.29, 0.717) is 12.1 Å². The second-order valence-electron chi connectivity index (χ2n) is 3.52. The normalized spacial score (nSPS) is 8.90. The van der Waals surface area contributed by atoms with Gasteiger partial charge in [0.1, 0.15) is 0 Å². The van der Waals surface area contributed by atoms with E-state index in [2.05, 4.69) is 43.2 Å². The third-order valence-electron chi connectivity index (χ3n) is 0.888. The number of rotatable bonds is 2. The molecule has 0 aromatic carbocycles. The molecule has 8 N–H and O–H groups in total. The van der Waals surface area contributed by atoms with E-state index in [1.807, 2.05) is 0 Å². The number of azo groups is 1. The second-order valence-corrected chi connectivity index (χ2v) is 3.52. The summed E-state index contributed by atoms with van der Waals surface area (Å²) in [6.07, 6.45) is -5.07. The quantitative estimate of drug-likeness (QED) is 0.413. The minimum absolute atomic E-state index is 0. The van der Waals surface area contributed by atoms with E-state index in [0.717, 1.165) is 0 Å². The smallest absolute Gasteiger partial charge is 0.462 e. The van der Waals surface area contributed by atoms with Crippen molar-refractivity contribution in [3.05, 3.63) is 0 Å². The van der Waals surface area contributed by atoms with Crippen LogP contribution in [-0.2, 0) is 0 Å². The van der Waals surface area contributed by atoms with E-state index >= 15 is 0 Å². The van der Waals surface area contributed by atoms with Gasteiger partial charge in [0.05, 0.1) is 0 Å². The Morgan fingerprint density at radius 1 is 0.800 bits per heavy atom. The van der Waals surface area contributed by atoms with Crippen molar-refractivity contribution in [2.24, 2.45) is 10.2 Å². The monoisotopic (exact) mass is 298 g/mol. The fraction of sp³-hybridized carbons (Fsp3) is 0.667. The van der Waals surface area contributed by atoms with Crippen LogP contribution in [0.2, 0.25) is 0 Å². The first-order valence-corrected chi connectivity index (χ1v) is 5.04. The van der Waals surface area contributed by atoms with Crippen LogP contribution in [0.15, 0.2) is 10.2 Å². The number of nitrogens with one attached hydrogen (secondary N) is 1. The van der Waals surface area contributed by atoms with Crippen LogP contribution >= 0.6 is 0 Å². The minimum Gasteiger partial charge on any atom is -0.462 e. The molecule has 0 aromatic rings. The van der Waals surface area contributed by atoms with Gasteiger partial charge in [-0.2, -0.15) is 0 Å². The largest absolute Gasteiger partial charge is 0.503 e. The van der Waals surface area contributed by atoms with Gasteiger partial charge in [0, 0.05) is 12.1 Å². The molecule has 0 saturated heterocycles. The maximum absolute atomic E-state index is 9.38. The average molecular weight is 298 g/mol. The van der Waals surface area contributed by atoms with E-state index in [1.54, 1.807) is 0 Å². The summed E-state index contributed by atoms with van der Waals surface area (Å²) in [5.41, 5.74) is 0. The number of carboxylic acid groups (broad SMARTS) is 4. The standard InChI is InChI=1S/C6H15N.C2H2N2O4.CH2O3.H3N/c1-5(2)7-6(3)4;5-1(6)3-4-2(7)8;2-1(3)4;/h5-7H,1-4H3;(H,5,6)(H,7,8);(H2,2,3,4);1H3. The van der Waals surface area contributed by atoms with Gasteiger partial charge in [-0.3, -0.25) is 0 Å². The molecule has 11 heteroatoms. The minimum atomic E-state index is -1.83. The van der Waals surface area contributed by atoms with Gasteiger partial charge in [0.25, 0.3) is 0 Å². The van der Waals surface area contributed by atoms with Crippen LogP contribution in [0.3, 0.4) is 0 Å². The van der Waals surface area contributed by atoms with E-state index in [-0.39, 0.29) is 6.15 Å². The van der Waals surface area contributed by atoms with E-state index in [1.165, 1.54) is 0 Å².